The first-order chi connectivity index (χ1) is 7.20. The third-order valence-electron chi connectivity index (χ3n) is 3.04. The molecule has 1 aliphatic rings. The van der Waals surface area contributed by atoms with Gasteiger partial charge in [-0.3, -0.25) is 0 Å². The summed E-state index contributed by atoms with van der Waals surface area (Å²) < 4.78 is 0.975. The van der Waals surface area contributed by atoms with E-state index >= 15 is 0 Å². The van der Waals surface area contributed by atoms with Crippen LogP contribution in [0.25, 0.3) is 0 Å². The maximum Gasteiger partial charge on any atom is 0.0992 e. The van der Waals surface area contributed by atoms with E-state index < -0.39 is 0 Å². The zero-order valence-electron chi connectivity index (χ0n) is 8.70. The van der Waals surface area contributed by atoms with Gasteiger partial charge in [0, 0.05) is 23.2 Å². The lowest BCUT2D eigenvalue weighted by molar-refractivity contribution is 0.401. The molecule has 1 aliphatic carbocycles. The highest BCUT2D eigenvalue weighted by molar-refractivity contribution is 9.10. The second-order valence-corrected chi connectivity index (χ2v) is 4.92. The van der Waals surface area contributed by atoms with Crippen molar-refractivity contribution in [3.8, 4) is 6.07 Å². The van der Waals surface area contributed by atoms with Gasteiger partial charge in [0.1, 0.15) is 0 Å². The van der Waals surface area contributed by atoms with Crippen LogP contribution in [0.15, 0.2) is 22.7 Å². The van der Waals surface area contributed by atoms with Crippen molar-refractivity contribution in [2.75, 3.05) is 11.9 Å². The van der Waals surface area contributed by atoms with E-state index in [1.54, 1.807) is 0 Å². The predicted molar refractivity (Wildman–Crippen MR) is 64.9 cm³/mol. The van der Waals surface area contributed by atoms with Crippen molar-refractivity contribution in [1.82, 2.24) is 0 Å². The number of halogens is 1. The van der Waals surface area contributed by atoms with Crippen LogP contribution in [0.4, 0.5) is 5.69 Å². The molecule has 0 atom stereocenters. The van der Waals surface area contributed by atoms with Gasteiger partial charge in [-0.25, -0.2) is 0 Å². The SMILES string of the molecule is CN(c1cc(Br)cc(C#N)c1)C1CCC1. The van der Waals surface area contributed by atoms with Crippen LogP contribution in [0, 0.1) is 11.3 Å². The number of nitrogens with zero attached hydrogens (tertiary/aromatic N) is 2. The summed E-state index contributed by atoms with van der Waals surface area (Å²) in [6, 6.07) is 8.70. The summed E-state index contributed by atoms with van der Waals surface area (Å²) in [5, 5.41) is 8.89. The van der Waals surface area contributed by atoms with Crippen LogP contribution in [0.2, 0.25) is 0 Å². The molecule has 3 heteroatoms. The molecule has 0 unspecified atom stereocenters. The third kappa shape index (κ3) is 2.15. The summed E-state index contributed by atoms with van der Waals surface area (Å²) >= 11 is 3.43. The van der Waals surface area contributed by atoms with Gasteiger partial charge in [0.2, 0.25) is 0 Å². The van der Waals surface area contributed by atoms with Crippen molar-refractivity contribution in [2.24, 2.45) is 0 Å². The molecule has 78 valence electrons. The van der Waals surface area contributed by atoms with Crippen molar-refractivity contribution in [1.29, 1.82) is 5.26 Å². The lowest BCUT2D eigenvalue weighted by Crippen LogP contribution is -2.37. The Morgan fingerprint density at radius 3 is 2.67 bits per heavy atom. The van der Waals surface area contributed by atoms with Crippen LogP contribution >= 0.6 is 15.9 Å². The molecule has 0 N–H and O–H groups in total. The fraction of sp³-hybridized carbons (Fsp3) is 0.417. The normalized spacial score (nSPS) is 15.5. The highest BCUT2D eigenvalue weighted by Crippen LogP contribution is 2.30. The van der Waals surface area contributed by atoms with E-state index in [0.29, 0.717) is 11.6 Å². The Labute approximate surface area is 98.6 Å². The van der Waals surface area contributed by atoms with Crippen LogP contribution in [-0.4, -0.2) is 13.1 Å². The third-order valence-corrected chi connectivity index (χ3v) is 3.50. The number of anilines is 1. The lowest BCUT2D eigenvalue weighted by atomic mass is 9.91. The molecule has 0 radical (unpaired) electrons. The van der Waals surface area contributed by atoms with Crippen molar-refractivity contribution in [3.05, 3.63) is 28.2 Å². The molecule has 1 saturated carbocycles. The molecule has 0 aromatic heterocycles. The standard InChI is InChI=1S/C12H13BrN2/c1-15(11-3-2-4-11)12-6-9(8-14)5-10(13)7-12/h5-7,11H,2-4H2,1H3. The number of nitriles is 1. The van der Waals surface area contributed by atoms with Gasteiger partial charge in [-0.05, 0) is 37.5 Å². The molecular formula is C12H13BrN2. The van der Waals surface area contributed by atoms with Crippen LogP contribution in [0.5, 0.6) is 0 Å². The molecule has 1 aromatic rings. The average molecular weight is 265 g/mol. The fourth-order valence-electron chi connectivity index (χ4n) is 1.83. The maximum atomic E-state index is 8.89. The Bertz CT molecular complexity index is 405. The van der Waals surface area contributed by atoms with Crippen LogP contribution in [-0.2, 0) is 0 Å². The maximum absolute atomic E-state index is 8.89. The smallest absolute Gasteiger partial charge is 0.0992 e. The van der Waals surface area contributed by atoms with Crippen LogP contribution in [0.3, 0.4) is 0 Å². The van der Waals surface area contributed by atoms with Gasteiger partial charge in [0.15, 0.2) is 0 Å². The van der Waals surface area contributed by atoms with Gasteiger partial charge >= 0.3 is 0 Å². The predicted octanol–water partition coefficient (Wildman–Crippen LogP) is 3.31. The quantitative estimate of drug-likeness (QED) is 0.820. The second kappa shape index (κ2) is 4.24. The van der Waals surface area contributed by atoms with Gasteiger partial charge in [-0.2, -0.15) is 5.26 Å². The summed E-state index contributed by atoms with van der Waals surface area (Å²) in [6.07, 6.45) is 3.86. The van der Waals surface area contributed by atoms with Crippen LogP contribution < -0.4 is 4.90 Å². The highest BCUT2D eigenvalue weighted by Gasteiger charge is 2.22. The van der Waals surface area contributed by atoms with Gasteiger partial charge < -0.3 is 4.90 Å². The van der Waals surface area contributed by atoms with E-state index in [9.17, 15) is 0 Å². The molecule has 1 aromatic carbocycles. The average Bonchev–Trinajstić information content (AvgIpc) is 2.14. The van der Waals surface area contributed by atoms with Crippen molar-refractivity contribution in [3.63, 3.8) is 0 Å². The van der Waals surface area contributed by atoms with E-state index in [4.69, 9.17) is 5.26 Å². The summed E-state index contributed by atoms with van der Waals surface area (Å²) in [5.41, 5.74) is 1.84. The minimum atomic E-state index is 0.658. The first kappa shape index (κ1) is 10.5. The Balaban J connectivity index is 2.27. The summed E-state index contributed by atoms with van der Waals surface area (Å²) in [4.78, 5) is 2.27. The molecule has 0 bridgehead atoms. The van der Waals surface area contributed by atoms with Gasteiger partial charge in [-0.15, -0.1) is 0 Å². The summed E-state index contributed by atoms with van der Waals surface area (Å²) in [7, 11) is 2.10. The first-order valence-electron chi connectivity index (χ1n) is 5.14. The monoisotopic (exact) mass is 264 g/mol. The first-order valence-corrected chi connectivity index (χ1v) is 5.93. The Hall–Kier alpha value is -1.01. The molecule has 0 heterocycles. The minimum Gasteiger partial charge on any atom is -0.372 e. The van der Waals surface area contributed by atoms with Crippen LogP contribution in [0.1, 0.15) is 24.8 Å². The van der Waals surface area contributed by atoms with E-state index in [1.807, 2.05) is 12.1 Å². The Morgan fingerprint density at radius 1 is 1.40 bits per heavy atom. The van der Waals surface area contributed by atoms with E-state index in [1.165, 1.54) is 19.3 Å². The summed E-state index contributed by atoms with van der Waals surface area (Å²) in [6.45, 7) is 0. The van der Waals surface area contributed by atoms with Gasteiger partial charge in [-0.1, -0.05) is 15.9 Å². The number of hydrogen-bond donors (Lipinski definition) is 0. The van der Waals surface area contributed by atoms with E-state index in [0.717, 1.165) is 10.2 Å². The minimum absolute atomic E-state index is 0.658. The van der Waals surface area contributed by atoms with Gasteiger partial charge in [0.05, 0.1) is 11.6 Å². The second-order valence-electron chi connectivity index (χ2n) is 4.01. The largest absolute Gasteiger partial charge is 0.372 e. The number of rotatable bonds is 2. The molecule has 0 spiro atoms. The number of benzene rings is 1. The molecule has 2 nitrogen and oxygen atoms in total. The fourth-order valence-corrected chi connectivity index (χ4v) is 2.31. The lowest BCUT2D eigenvalue weighted by Gasteiger charge is -2.36. The van der Waals surface area contributed by atoms with Crippen molar-refractivity contribution in [2.45, 2.75) is 25.3 Å². The Morgan fingerprint density at radius 2 is 2.13 bits per heavy atom. The molecule has 1 fully saturated rings. The van der Waals surface area contributed by atoms with E-state index in [-0.39, 0.29) is 0 Å². The van der Waals surface area contributed by atoms with Crippen molar-refractivity contribution < 1.29 is 0 Å². The topological polar surface area (TPSA) is 27.0 Å². The molecule has 0 amide bonds. The van der Waals surface area contributed by atoms with E-state index in [2.05, 4.69) is 40.0 Å². The number of hydrogen-bond acceptors (Lipinski definition) is 2. The molecule has 2 rings (SSSR count). The molecule has 0 aliphatic heterocycles. The molecular weight excluding hydrogens is 252 g/mol. The van der Waals surface area contributed by atoms with Crippen molar-refractivity contribution >= 4 is 21.6 Å². The molecule has 0 saturated heterocycles. The summed E-state index contributed by atoms with van der Waals surface area (Å²) in [5.74, 6) is 0. The molecule has 15 heavy (non-hydrogen) atoms. The Kier molecular flexibility index (Phi) is 2.97. The highest BCUT2D eigenvalue weighted by atomic mass is 79.9. The zero-order valence-corrected chi connectivity index (χ0v) is 10.3. The zero-order chi connectivity index (χ0) is 10.8. The van der Waals surface area contributed by atoms with Gasteiger partial charge in [0.25, 0.3) is 0 Å².